The second kappa shape index (κ2) is 8.01. The average molecular weight is 366 g/mol. The lowest BCUT2D eigenvalue weighted by atomic mass is 10.1. The second-order valence-electron chi connectivity index (χ2n) is 5.47. The van der Waals surface area contributed by atoms with E-state index >= 15 is 0 Å². The number of rotatable bonds is 4. The number of nitrogens with zero attached hydrogens (tertiary/aromatic N) is 1. The fourth-order valence-electron chi connectivity index (χ4n) is 2.55. The summed E-state index contributed by atoms with van der Waals surface area (Å²) >= 11 is 7.55. The SMILES string of the molecule is O=C(CSc1ccccc1Cl)N1CCOC(c2ccc(F)cc2)C1. The van der Waals surface area contributed by atoms with Crippen LogP contribution in [0.2, 0.25) is 5.02 Å². The van der Waals surface area contributed by atoms with Gasteiger partial charge in [0.1, 0.15) is 11.9 Å². The molecule has 2 aromatic carbocycles. The lowest BCUT2D eigenvalue weighted by Gasteiger charge is -2.33. The highest BCUT2D eigenvalue weighted by molar-refractivity contribution is 8.00. The van der Waals surface area contributed by atoms with Crippen molar-refractivity contribution in [2.45, 2.75) is 11.0 Å². The van der Waals surface area contributed by atoms with Crippen LogP contribution in [0.25, 0.3) is 0 Å². The molecule has 0 aromatic heterocycles. The van der Waals surface area contributed by atoms with E-state index in [1.165, 1.54) is 23.9 Å². The Morgan fingerprint density at radius 3 is 2.75 bits per heavy atom. The molecule has 1 saturated heterocycles. The van der Waals surface area contributed by atoms with Gasteiger partial charge in [-0.15, -0.1) is 11.8 Å². The molecule has 0 saturated carbocycles. The molecule has 24 heavy (non-hydrogen) atoms. The Morgan fingerprint density at radius 2 is 2.00 bits per heavy atom. The quantitative estimate of drug-likeness (QED) is 0.761. The van der Waals surface area contributed by atoms with E-state index in [-0.39, 0.29) is 17.8 Å². The molecule has 126 valence electrons. The van der Waals surface area contributed by atoms with E-state index < -0.39 is 0 Å². The van der Waals surface area contributed by atoms with Crippen LogP contribution in [-0.2, 0) is 9.53 Å². The largest absolute Gasteiger partial charge is 0.370 e. The maximum Gasteiger partial charge on any atom is 0.233 e. The smallest absolute Gasteiger partial charge is 0.233 e. The normalized spacial score (nSPS) is 17.8. The van der Waals surface area contributed by atoms with E-state index in [4.69, 9.17) is 16.3 Å². The molecule has 0 aliphatic carbocycles. The topological polar surface area (TPSA) is 29.5 Å². The number of carbonyl (C=O) groups is 1. The molecule has 1 atom stereocenters. The Bertz CT molecular complexity index is 710. The van der Waals surface area contributed by atoms with Crippen LogP contribution in [-0.4, -0.2) is 36.3 Å². The molecule has 0 radical (unpaired) electrons. The molecule has 0 spiro atoms. The fourth-order valence-corrected chi connectivity index (χ4v) is 3.69. The minimum absolute atomic E-state index is 0.0512. The van der Waals surface area contributed by atoms with Crippen molar-refractivity contribution in [3.63, 3.8) is 0 Å². The third-order valence-electron chi connectivity index (χ3n) is 3.85. The monoisotopic (exact) mass is 365 g/mol. The van der Waals surface area contributed by atoms with Crippen LogP contribution >= 0.6 is 23.4 Å². The zero-order chi connectivity index (χ0) is 16.9. The maximum atomic E-state index is 13.0. The Balaban J connectivity index is 1.59. The molecule has 1 amide bonds. The number of thioether (sulfide) groups is 1. The summed E-state index contributed by atoms with van der Waals surface area (Å²) in [7, 11) is 0. The van der Waals surface area contributed by atoms with Crippen molar-refractivity contribution in [3.05, 3.63) is 64.9 Å². The van der Waals surface area contributed by atoms with Gasteiger partial charge in [-0.05, 0) is 29.8 Å². The van der Waals surface area contributed by atoms with Gasteiger partial charge in [-0.25, -0.2) is 4.39 Å². The predicted molar refractivity (Wildman–Crippen MR) is 93.8 cm³/mol. The molecular formula is C18H17ClFNO2S. The summed E-state index contributed by atoms with van der Waals surface area (Å²) < 4.78 is 18.8. The number of halogens is 2. The van der Waals surface area contributed by atoms with Crippen molar-refractivity contribution in [3.8, 4) is 0 Å². The number of amides is 1. The van der Waals surface area contributed by atoms with Gasteiger partial charge in [-0.1, -0.05) is 35.9 Å². The Kier molecular flexibility index (Phi) is 5.76. The summed E-state index contributed by atoms with van der Waals surface area (Å²) in [5.41, 5.74) is 0.882. The lowest BCUT2D eigenvalue weighted by molar-refractivity contribution is -0.136. The molecule has 1 aliphatic rings. The number of benzene rings is 2. The van der Waals surface area contributed by atoms with Gasteiger partial charge in [-0.2, -0.15) is 0 Å². The van der Waals surface area contributed by atoms with Gasteiger partial charge in [0, 0.05) is 11.4 Å². The van der Waals surface area contributed by atoms with Gasteiger partial charge in [0.2, 0.25) is 5.91 Å². The van der Waals surface area contributed by atoms with Crippen molar-refractivity contribution in [1.82, 2.24) is 4.90 Å². The van der Waals surface area contributed by atoms with Crippen LogP contribution in [0.5, 0.6) is 0 Å². The number of carbonyl (C=O) groups excluding carboxylic acids is 1. The molecule has 0 N–H and O–H groups in total. The Labute approximate surface area is 149 Å². The molecule has 3 nitrogen and oxygen atoms in total. The van der Waals surface area contributed by atoms with E-state index in [0.29, 0.717) is 30.5 Å². The Morgan fingerprint density at radius 1 is 1.25 bits per heavy atom. The third-order valence-corrected chi connectivity index (χ3v) is 5.35. The standard InChI is InChI=1S/C18H17ClFNO2S/c19-15-3-1-2-4-17(15)24-12-18(22)21-9-10-23-16(11-21)13-5-7-14(20)8-6-13/h1-8,16H,9-12H2. The van der Waals surface area contributed by atoms with E-state index in [9.17, 15) is 9.18 Å². The molecule has 0 bridgehead atoms. The number of hydrogen-bond acceptors (Lipinski definition) is 3. The van der Waals surface area contributed by atoms with Gasteiger partial charge >= 0.3 is 0 Å². The summed E-state index contributed by atoms with van der Waals surface area (Å²) in [5.74, 6) is 0.105. The highest BCUT2D eigenvalue weighted by Gasteiger charge is 2.25. The first kappa shape index (κ1) is 17.3. The summed E-state index contributed by atoms with van der Waals surface area (Å²) in [4.78, 5) is 15.2. The van der Waals surface area contributed by atoms with E-state index in [0.717, 1.165) is 10.5 Å². The highest BCUT2D eigenvalue weighted by atomic mass is 35.5. The minimum Gasteiger partial charge on any atom is -0.370 e. The average Bonchev–Trinajstić information content (AvgIpc) is 2.61. The van der Waals surface area contributed by atoms with E-state index in [1.807, 2.05) is 24.3 Å². The van der Waals surface area contributed by atoms with Crippen molar-refractivity contribution in [2.75, 3.05) is 25.4 Å². The van der Waals surface area contributed by atoms with Crippen LogP contribution in [0.3, 0.4) is 0 Å². The summed E-state index contributed by atoms with van der Waals surface area (Å²) in [5, 5.41) is 0.654. The zero-order valence-corrected chi connectivity index (χ0v) is 14.5. The van der Waals surface area contributed by atoms with Gasteiger partial charge in [0.05, 0.1) is 23.9 Å². The minimum atomic E-state index is -0.279. The molecule has 1 unspecified atom stereocenters. The summed E-state index contributed by atoms with van der Waals surface area (Å²) in [6.45, 7) is 1.53. The van der Waals surface area contributed by atoms with E-state index in [1.54, 1.807) is 17.0 Å². The van der Waals surface area contributed by atoms with Crippen LogP contribution in [0, 0.1) is 5.82 Å². The van der Waals surface area contributed by atoms with Crippen LogP contribution < -0.4 is 0 Å². The summed E-state index contributed by atoms with van der Waals surface area (Å²) in [6.07, 6.45) is -0.214. The lowest BCUT2D eigenvalue weighted by Crippen LogP contribution is -2.43. The predicted octanol–water partition coefficient (Wildman–Crippen LogP) is 4.17. The number of morpholine rings is 1. The first-order chi connectivity index (χ1) is 11.6. The number of hydrogen-bond donors (Lipinski definition) is 0. The molecule has 1 aliphatic heterocycles. The van der Waals surface area contributed by atoms with Gasteiger partial charge < -0.3 is 9.64 Å². The van der Waals surface area contributed by atoms with Crippen LogP contribution in [0.1, 0.15) is 11.7 Å². The van der Waals surface area contributed by atoms with Crippen LogP contribution in [0.4, 0.5) is 4.39 Å². The molecule has 6 heteroatoms. The molecule has 3 rings (SSSR count). The molecule has 2 aromatic rings. The molecular weight excluding hydrogens is 349 g/mol. The second-order valence-corrected chi connectivity index (χ2v) is 6.89. The maximum absolute atomic E-state index is 13.0. The summed E-state index contributed by atoms with van der Waals surface area (Å²) in [6, 6.07) is 13.7. The van der Waals surface area contributed by atoms with Gasteiger partial charge in [-0.3, -0.25) is 4.79 Å². The van der Waals surface area contributed by atoms with Crippen LogP contribution in [0.15, 0.2) is 53.4 Å². The Hall–Kier alpha value is -1.56. The molecule has 1 heterocycles. The fraction of sp³-hybridized carbons (Fsp3) is 0.278. The van der Waals surface area contributed by atoms with Crippen molar-refractivity contribution in [1.29, 1.82) is 0 Å². The van der Waals surface area contributed by atoms with Crippen molar-refractivity contribution < 1.29 is 13.9 Å². The first-order valence-corrected chi connectivity index (χ1v) is 9.02. The molecule has 1 fully saturated rings. The van der Waals surface area contributed by atoms with Crippen molar-refractivity contribution >= 4 is 29.3 Å². The third kappa shape index (κ3) is 4.29. The van der Waals surface area contributed by atoms with E-state index in [2.05, 4.69) is 0 Å². The van der Waals surface area contributed by atoms with Gasteiger partial charge in [0.15, 0.2) is 0 Å². The van der Waals surface area contributed by atoms with Crippen molar-refractivity contribution in [2.24, 2.45) is 0 Å². The highest BCUT2D eigenvalue weighted by Crippen LogP contribution is 2.28. The van der Waals surface area contributed by atoms with Gasteiger partial charge in [0.25, 0.3) is 0 Å². The first-order valence-electron chi connectivity index (χ1n) is 7.65. The number of ether oxygens (including phenoxy) is 1. The zero-order valence-electron chi connectivity index (χ0n) is 13.0.